The summed E-state index contributed by atoms with van der Waals surface area (Å²) in [7, 11) is 0. The van der Waals surface area contributed by atoms with E-state index in [1.807, 2.05) is 25.1 Å². The van der Waals surface area contributed by atoms with E-state index in [2.05, 4.69) is 5.32 Å². The fourth-order valence-electron chi connectivity index (χ4n) is 1.90. The molecule has 102 valence electrons. The van der Waals surface area contributed by atoms with Crippen LogP contribution in [0.15, 0.2) is 24.3 Å². The third-order valence-corrected chi connectivity index (χ3v) is 3.12. The third kappa shape index (κ3) is 3.83. The Balaban J connectivity index is 1.89. The highest BCUT2D eigenvalue weighted by atomic mass is 16.5. The lowest BCUT2D eigenvalue weighted by molar-refractivity contribution is -0.116. The largest absolute Gasteiger partial charge is 0.493 e. The van der Waals surface area contributed by atoms with Crippen LogP contribution in [0.25, 0.3) is 6.08 Å². The van der Waals surface area contributed by atoms with Gasteiger partial charge in [-0.15, -0.1) is 0 Å². The number of hydrogen-bond donors (Lipinski definition) is 2. The molecule has 0 fully saturated rings. The van der Waals surface area contributed by atoms with Crippen molar-refractivity contribution in [3.05, 3.63) is 35.4 Å². The van der Waals surface area contributed by atoms with Crippen LogP contribution in [-0.4, -0.2) is 30.3 Å². The van der Waals surface area contributed by atoms with Crippen LogP contribution in [0.4, 0.5) is 0 Å². The van der Waals surface area contributed by atoms with Crippen LogP contribution in [0.2, 0.25) is 0 Å². The van der Waals surface area contributed by atoms with Gasteiger partial charge in [0, 0.05) is 19.0 Å². The summed E-state index contributed by atoms with van der Waals surface area (Å²) in [4.78, 5) is 11.5. The van der Waals surface area contributed by atoms with Crippen LogP contribution in [-0.2, 0) is 11.2 Å². The lowest BCUT2D eigenvalue weighted by Gasteiger charge is -2.07. The van der Waals surface area contributed by atoms with Crippen molar-refractivity contribution in [2.75, 3.05) is 13.2 Å². The van der Waals surface area contributed by atoms with Crippen LogP contribution < -0.4 is 10.1 Å². The number of carbonyl (C=O) groups is 1. The van der Waals surface area contributed by atoms with Gasteiger partial charge in [0.15, 0.2) is 0 Å². The van der Waals surface area contributed by atoms with E-state index in [9.17, 15) is 9.90 Å². The van der Waals surface area contributed by atoms with Crippen LogP contribution in [0, 0.1) is 0 Å². The van der Waals surface area contributed by atoms with E-state index in [4.69, 9.17) is 4.74 Å². The summed E-state index contributed by atoms with van der Waals surface area (Å²) in [6.07, 6.45) is 4.34. The van der Waals surface area contributed by atoms with Gasteiger partial charge in [-0.05, 0) is 35.8 Å². The molecular weight excluding hydrogens is 242 g/mol. The van der Waals surface area contributed by atoms with Gasteiger partial charge in [-0.3, -0.25) is 4.79 Å². The number of nitrogens with one attached hydrogen (secondary N) is 1. The Morgan fingerprint density at radius 2 is 2.42 bits per heavy atom. The lowest BCUT2D eigenvalue weighted by atomic mass is 10.1. The zero-order chi connectivity index (χ0) is 13.7. The first-order chi connectivity index (χ1) is 9.19. The molecule has 1 amide bonds. The number of carbonyl (C=O) groups excluding carboxylic acids is 1. The number of fused-ring (bicyclic) bond motifs is 1. The molecule has 0 aliphatic carbocycles. The Hall–Kier alpha value is -1.81. The molecule has 0 aromatic heterocycles. The number of aliphatic hydroxyl groups is 1. The second-order valence-corrected chi connectivity index (χ2v) is 4.61. The molecule has 1 atom stereocenters. The predicted molar refractivity (Wildman–Crippen MR) is 74.0 cm³/mol. The highest BCUT2D eigenvalue weighted by molar-refractivity contribution is 5.91. The third-order valence-electron chi connectivity index (χ3n) is 3.12. The van der Waals surface area contributed by atoms with Gasteiger partial charge in [-0.1, -0.05) is 13.0 Å². The van der Waals surface area contributed by atoms with Crippen LogP contribution in [0.3, 0.4) is 0 Å². The summed E-state index contributed by atoms with van der Waals surface area (Å²) in [5.74, 6) is 0.747. The molecule has 1 aromatic carbocycles. The fraction of sp³-hybridized carbons (Fsp3) is 0.400. The molecule has 1 aliphatic heterocycles. The molecule has 0 bridgehead atoms. The second-order valence-electron chi connectivity index (χ2n) is 4.61. The molecule has 0 saturated heterocycles. The number of aliphatic hydroxyl groups excluding tert-OH is 1. The lowest BCUT2D eigenvalue weighted by Crippen LogP contribution is -2.30. The Labute approximate surface area is 113 Å². The van der Waals surface area contributed by atoms with Gasteiger partial charge in [0.05, 0.1) is 12.7 Å². The second kappa shape index (κ2) is 6.38. The minimum Gasteiger partial charge on any atom is -0.493 e. The molecule has 1 aromatic rings. The van der Waals surface area contributed by atoms with Gasteiger partial charge in [0.2, 0.25) is 5.91 Å². The van der Waals surface area contributed by atoms with Gasteiger partial charge in [0.25, 0.3) is 0 Å². The van der Waals surface area contributed by atoms with Crippen LogP contribution in [0.5, 0.6) is 5.75 Å². The Bertz CT molecular complexity index is 482. The first kappa shape index (κ1) is 13.6. The average Bonchev–Trinajstić information content (AvgIpc) is 2.89. The standard InChI is InChI=1S/C15H19NO3/c1-2-13(17)10-16-15(18)6-4-11-3-5-14-12(9-11)7-8-19-14/h3-6,9,13,17H,2,7-8,10H2,1H3,(H,16,18)/b6-4+. The van der Waals surface area contributed by atoms with E-state index < -0.39 is 6.10 Å². The topological polar surface area (TPSA) is 58.6 Å². The predicted octanol–water partition coefficient (Wildman–Crippen LogP) is 1.52. The van der Waals surface area contributed by atoms with E-state index in [1.165, 1.54) is 11.6 Å². The van der Waals surface area contributed by atoms with Crippen molar-refractivity contribution >= 4 is 12.0 Å². The molecule has 1 heterocycles. The average molecular weight is 261 g/mol. The van der Waals surface area contributed by atoms with E-state index in [0.717, 1.165) is 24.3 Å². The Kier molecular flexibility index (Phi) is 4.58. The fourth-order valence-corrected chi connectivity index (χ4v) is 1.90. The first-order valence-corrected chi connectivity index (χ1v) is 6.58. The van der Waals surface area contributed by atoms with Gasteiger partial charge < -0.3 is 15.2 Å². The smallest absolute Gasteiger partial charge is 0.244 e. The first-order valence-electron chi connectivity index (χ1n) is 6.58. The minimum atomic E-state index is -0.477. The molecule has 0 radical (unpaired) electrons. The van der Waals surface area contributed by atoms with Crippen LogP contribution >= 0.6 is 0 Å². The summed E-state index contributed by atoms with van der Waals surface area (Å²) in [5, 5.41) is 12.0. The summed E-state index contributed by atoms with van der Waals surface area (Å²) in [5.41, 5.74) is 2.17. The van der Waals surface area contributed by atoms with Crippen molar-refractivity contribution in [1.82, 2.24) is 5.32 Å². The highest BCUT2D eigenvalue weighted by Gasteiger charge is 2.11. The van der Waals surface area contributed by atoms with Crippen molar-refractivity contribution in [2.45, 2.75) is 25.9 Å². The molecule has 2 rings (SSSR count). The SMILES string of the molecule is CCC(O)CNC(=O)/C=C/c1ccc2c(c1)CCO2. The van der Waals surface area contributed by atoms with Crippen LogP contribution in [0.1, 0.15) is 24.5 Å². The molecule has 1 unspecified atom stereocenters. The minimum absolute atomic E-state index is 0.191. The zero-order valence-corrected chi connectivity index (χ0v) is 11.1. The van der Waals surface area contributed by atoms with E-state index in [-0.39, 0.29) is 12.5 Å². The van der Waals surface area contributed by atoms with Gasteiger partial charge in [0.1, 0.15) is 5.75 Å². The molecule has 4 heteroatoms. The number of amides is 1. The summed E-state index contributed by atoms with van der Waals surface area (Å²) in [6.45, 7) is 2.90. The number of benzene rings is 1. The van der Waals surface area contributed by atoms with Gasteiger partial charge in [-0.25, -0.2) is 0 Å². The number of rotatable bonds is 5. The van der Waals surface area contributed by atoms with Gasteiger partial charge >= 0.3 is 0 Å². The van der Waals surface area contributed by atoms with Crippen molar-refractivity contribution in [3.63, 3.8) is 0 Å². The Morgan fingerprint density at radius 3 is 3.21 bits per heavy atom. The molecule has 0 spiro atoms. The summed E-state index contributed by atoms with van der Waals surface area (Å²) < 4.78 is 5.43. The Morgan fingerprint density at radius 1 is 1.58 bits per heavy atom. The normalized spacial score (nSPS) is 15.1. The van der Waals surface area contributed by atoms with Crippen molar-refractivity contribution in [3.8, 4) is 5.75 Å². The molecule has 2 N–H and O–H groups in total. The van der Waals surface area contributed by atoms with E-state index >= 15 is 0 Å². The van der Waals surface area contributed by atoms with Crippen molar-refractivity contribution in [1.29, 1.82) is 0 Å². The van der Waals surface area contributed by atoms with E-state index in [1.54, 1.807) is 6.08 Å². The maximum atomic E-state index is 11.5. The molecule has 1 aliphatic rings. The molecule has 4 nitrogen and oxygen atoms in total. The quantitative estimate of drug-likeness (QED) is 0.790. The van der Waals surface area contributed by atoms with E-state index in [0.29, 0.717) is 6.42 Å². The van der Waals surface area contributed by atoms with Crippen molar-refractivity contribution < 1.29 is 14.6 Å². The monoisotopic (exact) mass is 261 g/mol. The number of hydrogen-bond acceptors (Lipinski definition) is 3. The summed E-state index contributed by atoms with van der Waals surface area (Å²) >= 11 is 0. The molecule has 19 heavy (non-hydrogen) atoms. The van der Waals surface area contributed by atoms with Gasteiger partial charge in [-0.2, -0.15) is 0 Å². The summed E-state index contributed by atoms with van der Waals surface area (Å²) in [6, 6.07) is 5.89. The molecular formula is C15H19NO3. The highest BCUT2D eigenvalue weighted by Crippen LogP contribution is 2.26. The molecule has 0 saturated carbocycles. The zero-order valence-electron chi connectivity index (χ0n) is 11.1. The van der Waals surface area contributed by atoms with Crippen molar-refractivity contribution in [2.24, 2.45) is 0 Å². The number of ether oxygens (including phenoxy) is 1. The maximum absolute atomic E-state index is 11.5. The maximum Gasteiger partial charge on any atom is 0.244 e.